The molecule has 0 spiro atoms. The van der Waals surface area contributed by atoms with Crippen LogP contribution in [-0.2, 0) is 9.59 Å². The van der Waals surface area contributed by atoms with Crippen LogP contribution >= 0.6 is 11.6 Å². The summed E-state index contributed by atoms with van der Waals surface area (Å²) in [5.41, 5.74) is 0.537. The van der Waals surface area contributed by atoms with Crippen molar-refractivity contribution in [1.82, 2.24) is 5.32 Å². The molecule has 2 amide bonds. The Morgan fingerprint density at radius 3 is 2.22 bits per heavy atom. The zero-order valence-electron chi connectivity index (χ0n) is 13.5. The molecule has 0 heterocycles. The number of carbonyl (C=O) groups is 3. The third kappa shape index (κ3) is 5.25. The van der Waals surface area contributed by atoms with Crippen LogP contribution in [0.15, 0.2) is 18.2 Å². The standard InChI is InChI=1S/C16H21ClN2O4/c1-8(2)13(16(22)23)19-15(21)11-7-10(5-6-12(11)17)18-14(20)9(3)4/h5-9,13H,1-4H3,(H,18,20)(H,19,21)(H,22,23)/t13-/m1/s1. The lowest BCUT2D eigenvalue weighted by Gasteiger charge is -2.18. The van der Waals surface area contributed by atoms with Crippen LogP contribution in [0.3, 0.4) is 0 Å². The van der Waals surface area contributed by atoms with Gasteiger partial charge in [0.1, 0.15) is 6.04 Å². The number of carbonyl (C=O) groups excluding carboxylic acids is 2. The first kappa shape index (κ1) is 19.0. The topological polar surface area (TPSA) is 95.5 Å². The molecule has 1 atom stereocenters. The van der Waals surface area contributed by atoms with Gasteiger partial charge in [0.05, 0.1) is 10.6 Å². The summed E-state index contributed by atoms with van der Waals surface area (Å²) < 4.78 is 0. The number of halogens is 1. The molecule has 0 aliphatic rings. The Balaban J connectivity index is 3.00. The number of hydrogen-bond acceptors (Lipinski definition) is 3. The lowest BCUT2D eigenvalue weighted by molar-refractivity contribution is -0.140. The third-order valence-electron chi connectivity index (χ3n) is 3.22. The quantitative estimate of drug-likeness (QED) is 0.742. The fraction of sp³-hybridized carbons (Fsp3) is 0.438. The van der Waals surface area contributed by atoms with Crippen LogP contribution in [0, 0.1) is 11.8 Å². The third-order valence-corrected chi connectivity index (χ3v) is 3.55. The van der Waals surface area contributed by atoms with Crippen LogP contribution in [0.1, 0.15) is 38.1 Å². The fourth-order valence-corrected chi connectivity index (χ4v) is 2.00. The van der Waals surface area contributed by atoms with E-state index in [2.05, 4.69) is 10.6 Å². The van der Waals surface area contributed by atoms with Crippen molar-refractivity contribution in [1.29, 1.82) is 0 Å². The van der Waals surface area contributed by atoms with Crippen molar-refractivity contribution in [3.63, 3.8) is 0 Å². The van der Waals surface area contributed by atoms with Gasteiger partial charge in [0.15, 0.2) is 0 Å². The molecule has 23 heavy (non-hydrogen) atoms. The zero-order chi connectivity index (χ0) is 17.7. The van der Waals surface area contributed by atoms with Crippen LogP contribution in [0.4, 0.5) is 5.69 Å². The van der Waals surface area contributed by atoms with Gasteiger partial charge in [-0.05, 0) is 24.1 Å². The molecule has 3 N–H and O–H groups in total. The maximum absolute atomic E-state index is 12.3. The Labute approximate surface area is 140 Å². The second-order valence-electron chi connectivity index (χ2n) is 5.87. The number of carboxylic acid groups (broad SMARTS) is 1. The van der Waals surface area contributed by atoms with Crippen LogP contribution in [-0.4, -0.2) is 28.9 Å². The largest absolute Gasteiger partial charge is 0.480 e. The van der Waals surface area contributed by atoms with Gasteiger partial charge in [0, 0.05) is 11.6 Å². The predicted molar refractivity (Wildman–Crippen MR) is 88.6 cm³/mol. The highest BCUT2D eigenvalue weighted by atomic mass is 35.5. The van der Waals surface area contributed by atoms with Gasteiger partial charge in [-0.3, -0.25) is 9.59 Å². The normalized spacial score (nSPS) is 12.1. The van der Waals surface area contributed by atoms with Gasteiger partial charge < -0.3 is 15.7 Å². The molecule has 0 fully saturated rings. The molecule has 0 aliphatic carbocycles. The summed E-state index contributed by atoms with van der Waals surface area (Å²) >= 11 is 6.01. The average molecular weight is 341 g/mol. The van der Waals surface area contributed by atoms with Crippen molar-refractivity contribution in [3.05, 3.63) is 28.8 Å². The summed E-state index contributed by atoms with van der Waals surface area (Å²) in [6.45, 7) is 6.89. The van der Waals surface area contributed by atoms with E-state index in [9.17, 15) is 14.4 Å². The van der Waals surface area contributed by atoms with E-state index in [1.807, 2.05) is 0 Å². The summed E-state index contributed by atoms with van der Waals surface area (Å²) in [5, 5.41) is 14.4. The number of nitrogens with one attached hydrogen (secondary N) is 2. The number of anilines is 1. The SMILES string of the molecule is CC(C)C(=O)Nc1ccc(Cl)c(C(=O)N[C@@H](C(=O)O)C(C)C)c1. The maximum atomic E-state index is 12.3. The monoisotopic (exact) mass is 340 g/mol. The Hall–Kier alpha value is -2.08. The highest BCUT2D eigenvalue weighted by Crippen LogP contribution is 2.21. The molecule has 7 heteroatoms. The summed E-state index contributed by atoms with van der Waals surface area (Å²) in [5.74, 6) is -2.39. The highest BCUT2D eigenvalue weighted by molar-refractivity contribution is 6.34. The van der Waals surface area contributed by atoms with Crippen LogP contribution in [0.2, 0.25) is 5.02 Å². The Morgan fingerprint density at radius 2 is 1.74 bits per heavy atom. The van der Waals surface area contributed by atoms with Crippen molar-refractivity contribution < 1.29 is 19.5 Å². The van der Waals surface area contributed by atoms with Gasteiger partial charge in [0.25, 0.3) is 5.91 Å². The van der Waals surface area contributed by atoms with Crippen LogP contribution < -0.4 is 10.6 Å². The van der Waals surface area contributed by atoms with E-state index in [0.717, 1.165) is 0 Å². The minimum absolute atomic E-state index is 0.111. The van der Waals surface area contributed by atoms with E-state index in [4.69, 9.17) is 16.7 Å². The number of rotatable bonds is 6. The molecule has 0 radical (unpaired) electrons. The van der Waals surface area contributed by atoms with Gasteiger partial charge in [-0.1, -0.05) is 39.3 Å². The molecule has 6 nitrogen and oxygen atoms in total. The second kappa shape index (κ2) is 7.97. The van der Waals surface area contributed by atoms with Crippen molar-refractivity contribution in [3.8, 4) is 0 Å². The molecule has 126 valence electrons. The molecule has 1 aromatic carbocycles. The molecule has 0 aromatic heterocycles. The number of benzene rings is 1. The van der Waals surface area contributed by atoms with E-state index in [-0.39, 0.29) is 28.3 Å². The molecule has 0 aliphatic heterocycles. The maximum Gasteiger partial charge on any atom is 0.326 e. The molecule has 0 unspecified atom stereocenters. The number of hydrogen-bond donors (Lipinski definition) is 3. The zero-order valence-corrected chi connectivity index (χ0v) is 14.3. The van der Waals surface area contributed by atoms with E-state index < -0.39 is 17.9 Å². The first-order valence-electron chi connectivity index (χ1n) is 7.27. The van der Waals surface area contributed by atoms with Gasteiger partial charge in [-0.2, -0.15) is 0 Å². The molecular weight excluding hydrogens is 320 g/mol. The van der Waals surface area contributed by atoms with Gasteiger partial charge in [0.2, 0.25) is 5.91 Å². The number of aliphatic carboxylic acids is 1. The first-order chi connectivity index (χ1) is 10.6. The van der Waals surface area contributed by atoms with Crippen molar-refractivity contribution in [2.75, 3.05) is 5.32 Å². The molecule has 0 saturated carbocycles. The summed E-state index contributed by atoms with van der Waals surface area (Å²) in [4.78, 5) is 35.2. The van der Waals surface area contributed by atoms with E-state index >= 15 is 0 Å². The Bertz CT molecular complexity index is 614. The van der Waals surface area contributed by atoms with E-state index in [1.165, 1.54) is 12.1 Å². The molecule has 0 saturated heterocycles. The van der Waals surface area contributed by atoms with Crippen molar-refractivity contribution in [2.24, 2.45) is 11.8 Å². The van der Waals surface area contributed by atoms with E-state index in [1.54, 1.807) is 33.8 Å². The second-order valence-corrected chi connectivity index (χ2v) is 6.28. The van der Waals surface area contributed by atoms with Gasteiger partial charge in [-0.15, -0.1) is 0 Å². The predicted octanol–water partition coefficient (Wildman–Crippen LogP) is 2.77. The highest BCUT2D eigenvalue weighted by Gasteiger charge is 2.25. The van der Waals surface area contributed by atoms with Gasteiger partial charge in [-0.25, -0.2) is 4.79 Å². The number of carboxylic acids is 1. The Morgan fingerprint density at radius 1 is 1.13 bits per heavy atom. The average Bonchev–Trinajstić information content (AvgIpc) is 2.45. The number of amides is 2. The first-order valence-corrected chi connectivity index (χ1v) is 7.65. The minimum Gasteiger partial charge on any atom is -0.480 e. The van der Waals surface area contributed by atoms with Crippen molar-refractivity contribution in [2.45, 2.75) is 33.7 Å². The van der Waals surface area contributed by atoms with Crippen molar-refractivity contribution >= 4 is 35.1 Å². The summed E-state index contributed by atoms with van der Waals surface area (Å²) in [6, 6.07) is 3.47. The van der Waals surface area contributed by atoms with Crippen LogP contribution in [0.5, 0.6) is 0 Å². The minimum atomic E-state index is -1.12. The van der Waals surface area contributed by atoms with Gasteiger partial charge >= 0.3 is 5.97 Å². The Kier molecular flexibility index (Phi) is 6.57. The fourth-order valence-electron chi connectivity index (χ4n) is 1.80. The van der Waals surface area contributed by atoms with E-state index in [0.29, 0.717) is 5.69 Å². The lowest BCUT2D eigenvalue weighted by Crippen LogP contribution is -2.44. The molecule has 0 bridgehead atoms. The molecular formula is C16H21ClN2O4. The molecule has 1 aromatic rings. The lowest BCUT2D eigenvalue weighted by atomic mass is 10.0. The summed E-state index contributed by atoms with van der Waals surface area (Å²) in [7, 11) is 0. The molecule has 1 rings (SSSR count). The summed E-state index contributed by atoms with van der Waals surface area (Å²) in [6.07, 6.45) is 0. The van der Waals surface area contributed by atoms with Crippen LogP contribution in [0.25, 0.3) is 0 Å². The smallest absolute Gasteiger partial charge is 0.326 e.